The average Bonchev–Trinajstić information content (AvgIpc) is 2.32. The fraction of sp³-hybridized carbons (Fsp3) is 0.455. The number of halogens is 1. The number of rotatable bonds is 6. The van der Waals surface area contributed by atoms with E-state index in [1.54, 1.807) is 30.1 Å². The number of carbonyl (C=O) groups excluding carboxylic acids is 1. The van der Waals surface area contributed by atoms with Crippen molar-refractivity contribution >= 4 is 35.0 Å². The van der Waals surface area contributed by atoms with Crippen molar-refractivity contribution in [1.29, 1.82) is 0 Å². The first-order chi connectivity index (χ1) is 8.13. The lowest BCUT2D eigenvalue weighted by atomic mass is 10.2. The molecule has 0 radical (unpaired) electrons. The summed E-state index contributed by atoms with van der Waals surface area (Å²) in [5.74, 6) is 1.63. The topological polar surface area (TPSA) is 68.0 Å². The van der Waals surface area contributed by atoms with E-state index < -0.39 is 0 Å². The maximum absolute atomic E-state index is 11.6. The Balaban J connectivity index is 2.33. The fourth-order valence-electron chi connectivity index (χ4n) is 1.09. The number of nitrogens with zero attached hydrogens (tertiary/aromatic N) is 1. The van der Waals surface area contributed by atoms with Gasteiger partial charge >= 0.3 is 0 Å². The molecule has 0 fully saturated rings. The van der Waals surface area contributed by atoms with Gasteiger partial charge in [-0.05, 0) is 30.3 Å². The minimum absolute atomic E-state index is 0.0749. The van der Waals surface area contributed by atoms with E-state index in [2.05, 4.69) is 17.2 Å². The van der Waals surface area contributed by atoms with Crippen molar-refractivity contribution in [2.45, 2.75) is 6.92 Å². The van der Waals surface area contributed by atoms with Gasteiger partial charge in [0.25, 0.3) is 0 Å². The zero-order valence-corrected chi connectivity index (χ0v) is 11.2. The van der Waals surface area contributed by atoms with E-state index in [0.29, 0.717) is 29.1 Å². The smallest absolute Gasteiger partial charge is 0.234 e. The van der Waals surface area contributed by atoms with Gasteiger partial charge in [-0.25, -0.2) is 4.98 Å². The summed E-state index contributed by atoms with van der Waals surface area (Å²) in [5, 5.41) is 3.02. The third-order valence-electron chi connectivity index (χ3n) is 2.07. The Morgan fingerprint density at radius 3 is 3.12 bits per heavy atom. The van der Waals surface area contributed by atoms with Crippen LogP contribution in [0.3, 0.4) is 0 Å². The molecule has 0 aliphatic carbocycles. The molecule has 0 saturated heterocycles. The van der Waals surface area contributed by atoms with Gasteiger partial charge in [0.15, 0.2) is 5.15 Å². The van der Waals surface area contributed by atoms with Crippen molar-refractivity contribution in [2.75, 3.05) is 23.4 Å². The number of thioether (sulfide) groups is 1. The molecule has 0 aromatic carbocycles. The van der Waals surface area contributed by atoms with Crippen molar-refractivity contribution in [1.82, 2.24) is 4.98 Å². The molecule has 17 heavy (non-hydrogen) atoms. The molecule has 0 aliphatic heterocycles. The molecule has 1 aromatic rings. The molecular weight excluding hydrogens is 258 g/mol. The molecular formula is C11H16ClN3OS. The monoisotopic (exact) mass is 273 g/mol. The van der Waals surface area contributed by atoms with E-state index in [1.165, 1.54) is 0 Å². The highest BCUT2D eigenvalue weighted by Crippen LogP contribution is 2.17. The molecule has 1 unspecified atom stereocenters. The van der Waals surface area contributed by atoms with E-state index >= 15 is 0 Å². The first-order valence-electron chi connectivity index (χ1n) is 5.31. The molecule has 0 aliphatic rings. The second-order valence-corrected chi connectivity index (χ2v) is 5.13. The number of nitrogens with two attached hydrogens (primary N) is 1. The van der Waals surface area contributed by atoms with Gasteiger partial charge in [-0.1, -0.05) is 18.5 Å². The van der Waals surface area contributed by atoms with Crippen LogP contribution in [0.5, 0.6) is 0 Å². The Morgan fingerprint density at radius 1 is 1.71 bits per heavy atom. The third kappa shape index (κ3) is 5.39. The van der Waals surface area contributed by atoms with Crippen LogP contribution in [0, 0.1) is 5.92 Å². The lowest BCUT2D eigenvalue weighted by Gasteiger charge is -2.08. The van der Waals surface area contributed by atoms with Crippen LogP contribution < -0.4 is 11.1 Å². The Morgan fingerprint density at radius 2 is 2.47 bits per heavy atom. The molecule has 1 rings (SSSR count). The summed E-state index contributed by atoms with van der Waals surface area (Å²) in [6.07, 6.45) is 1.58. The summed E-state index contributed by atoms with van der Waals surface area (Å²) in [4.78, 5) is 15.5. The number of pyridine rings is 1. The molecule has 4 nitrogen and oxygen atoms in total. The molecule has 0 saturated carbocycles. The summed E-state index contributed by atoms with van der Waals surface area (Å²) in [5.41, 5.74) is 6.04. The number of nitrogens with one attached hydrogen (secondary N) is 1. The summed E-state index contributed by atoms with van der Waals surface area (Å²) >= 11 is 7.39. The predicted octanol–water partition coefficient (Wildman–Crippen LogP) is 2.00. The SMILES string of the molecule is CC(CN)CSCC(=O)Nc1cccnc1Cl. The highest BCUT2D eigenvalue weighted by Gasteiger charge is 2.07. The zero-order valence-electron chi connectivity index (χ0n) is 9.65. The van der Waals surface area contributed by atoms with E-state index in [0.717, 1.165) is 5.75 Å². The van der Waals surface area contributed by atoms with Crippen molar-refractivity contribution in [2.24, 2.45) is 11.7 Å². The Labute approximate surface area is 110 Å². The predicted molar refractivity (Wildman–Crippen MR) is 73.4 cm³/mol. The van der Waals surface area contributed by atoms with Gasteiger partial charge in [0, 0.05) is 6.20 Å². The van der Waals surface area contributed by atoms with Gasteiger partial charge in [-0.3, -0.25) is 4.79 Å². The maximum Gasteiger partial charge on any atom is 0.234 e. The van der Waals surface area contributed by atoms with E-state index in [9.17, 15) is 4.79 Å². The number of anilines is 1. The summed E-state index contributed by atoms with van der Waals surface area (Å²) < 4.78 is 0. The molecule has 3 N–H and O–H groups in total. The van der Waals surface area contributed by atoms with Crippen LogP contribution in [0.2, 0.25) is 5.15 Å². The minimum atomic E-state index is -0.0749. The van der Waals surface area contributed by atoms with E-state index in [4.69, 9.17) is 17.3 Å². The van der Waals surface area contributed by atoms with Crippen molar-refractivity contribution in [3.05, 3.63) is 23.5 Å². The molecule has 94 valence electrons. The first-order valence-corrected chi connectivity index (χ1v) is 6.85. The second kappa shape index (κ2) is 7.53. The molecule has 1 aromatic heterocycles. The Bertz CT molecular complexity index is 375. The average molecular weight is 274 g/mol. The first kappa shape index (κ1) is 14.3. The molecule has 1 heterocycles. The number of aromatic nitrogens is 1. The van der Waals surface area contributed by atoms with Crippen LogP contribution in [0.25, 0.3) is 0 Å². The van der Waals surface area contributed by atoms with Gasteiger partial charge in [-0.15, -0.1) is 0 Å². The number of carbonyl (C=O) groups is 1. The normalized spacial score (nSPS) is 12.2. The Hall–Kier alpha value is -0.780. The third-order valence-corrected chi connectivity index (χ3v) is 3.64. The quantitative estimate of drug-likeness (QED) is 0.778. The van der Waals surface area contributed by atoms with Crippen LogP contribution in [0.1, 0.15) is 6.92 Å². The van der Waals surface area contributed by atoms with Crippen molar-refractivity contribution < 1.29 is 4.79 Å². The number of hydrogen-bond donors (Lipinski definition) is 2. The van der Waals surface area contributed by atoms with Crippen molar-refractivity contribution in [3.8, 4) is 0 Å². The van der Waals surface area contributed by atoms with Gasteiger partial charge in [0.1, 0.15) is 0 Å². The van der Waals surface area contributed by atoms with E-state index in [1.807, 2.05) is 0 Å². The molecule has 1 amide bonds. The lowest BCUT2D eigenvalue weighted by molar-refractivity contribution is -0.113. The van der Waals surface area contributed by atoms with Gasteiger partial charge in [-0.2, -0.15) is 11.8 Å². The van der Waals surface area contributed by atoms with Gasteiger partial charge < -0.3 is 11.1 Å². The lowest BCUT2D eigenvalue weighted by Crippen LogP contribution is -2.17. The van der Waals surface area contributed by atoms with Crippen LogP contribution in [0.15, 0.2) is 18.3 Å². The van der Waals surface area contributed by atoms with Gasteiger partial charge in [0.05, 0.1) is 11.4 Å². The number of hydrogen-bond acceptors (Lipinski definition) is 4. The molecule has 6 heteroatoms. The molecule has 1 atom stereocenters. The number of amides is 1. The second-order valence-electron chi connectivity index (χ2n) is 3.75. The molecule has 0 bridgehead atoms. The van der Waals surface area contributed by atoms with Crippen LogP contribution in [-0.4, -0.2) is 28.9 Å². The standard InChI is InChI=1S/C11H16ClN3OS/c1-8(5-13)6-17-7-10(16)15-9-3-2-4-14-11(9)12/h2-4,8H,5-7,13H2,1H3,(H,15,16). The van der Waals surface area contributed by atoms with Gasteiger partial charge in [0.2, 0.25) is 5.91 Å². The maximum atomic E-state index is 11.6. The van der Waals surface area contributed by atoms with Crippen LogP contribution in [-0.2, 0) is 4.79 Å². The van der Waals surface area contributed by atoms with Crippen LogP contribution in [0.4, 0.5) is 5.69 Å². The summed E-state index contributed by atoms with van der Waals surface area (Å²) in [7, 11) is 0. The van der Waals surface area contributed by atoms with Crippen LogP contribution >= 0.6 is 23.4 Å². The Kier molecular flexibility index (Phi) is 6.32. The van der Waals surface area contributed by atoms with Crippen molar-refractivity contribution in [3.63, 3.8) is 0 Å². The summed E-state index contributed by atoms with van der Waals surface area (Å²) in [6, 6.07) is 3.45. The highest BCUT2D eigenvalue weighted by molar-refractivity contribution is 7.99. The minimum Gasteiger partial charge on any atom is -0.330 e. The molecule has 0 spiro atoms. The van der Waals surface area contributed by atoms with E-state index in [-0.39, 0.29) is 5.91 Å². The zero-order chi connectivity index (χ0) is 12.7. The largest absolute Gasteiger partial charge is 0.330 e. The summed E-state index contributed by atoms with van der Waals surface area (Å²) in [6.45, 7) is 2.70. The fourth-order valence-corrected chi connectivity index (χ4v) is 2.17. The highest BCUT2D eigenvalue weighted by atomic mass is 35.5.